The number of methoxy groups -OCH3 is 1. The van der Waals surface area contributed by atoms with Crippen molar-refractivity contribution in [3.63, 3.8) is 0 Å². The maximum Gasteiger partial charge on any atom is 0.276 e. The summed E-state index contributed by atoms with van der Waals surface area (Å²) in [4.78, 5) is 12.3. The fourth-order valence-electron chi connectivity index (χ4n) is 2.45. The first-order valence-electron chi connectivity index (χ1n) is 8.26. The van der Waals surface area contributed by atoms with Gasteiger partial charge in [0.15, 0.2) is 5.69 Å². The summed E-state index contributed by atoms with van der Waals surface area (Å²) in [7, 11) is 1.59. The Morgan fingerprint density at radius 2 is 1.69 bits per heavy atom. The van der Waals surface area contributed by atoms with Crippen molar-refractivity contribution < 1.29 is 9.53 Å². The monoisotopic (exact) mass is 348 g/mol. The van der Waals surface area contributed by atoms with E-state index in [9.17, 15) is 4.79 Å². The predicted molar refractivity (Wildman–Crippen MR) is 101 cm³/mol. The Kier molecular flexibility index (Phi) is 5.43. The zero-order valence-electron chi connectivity index (χ0n) is 14.6. The van der Waals surface area contributed by atoms with Crippen LogP contribution in [0.25, 0.3) is 0 Å². The average Bonchev–Trinajstić information content (AvgIpc) is 2.69. The van der Waals surface area contributed by atoms with Gasteiger partial charge in [-0.15, -0.1) is 10.2 Å². The van der Waals surface area contributed by atoms with E-state index in [2.05, 4.69) is 20.8 Å². The Morgan fingerprint density at radius 1 is 0.962 bits per heavy atom. The number of carbonyl (C=O) groups excluding carboxylic acids is 1. The summed E-state index contributed by atoms with van der Waals surface area (Å²) in [6, 6.07) is 20.6. The number of nitrogens with one attached hydrogen (secondary N) is 2. The van der Waals surface area contributed by atoms with E-state index in [0.29, 0.717) is 11.5 Å². The van der Waals surface area contributed by atoms with Gasteiger partial charge in [0.25, 0.3) is 5.91 Å². The molecule has 1 heterocycles. The van der Waals surface area contributed by atoms with Gasteiger partial charge in [0.1, 0.15) is 11.6 Å². The van der Waals surface area contributed by atoms with Crippen molar-refractivity contribution in [2.24, 2.45) is 0 Å². The number of anilines is 2. The highest BCUT2D eigenvalue weighted by Crippen LogP contribution is 2.18. The van der Waals surface area contributed by atoms with Gasteiger partial charge in [-0.05, 0) is 48.9 Å². The lowest BCUT2D eigenvalue weighted by Gasteiger charge is -2.14. The fourth-order valence-corrected chi connectivity index (χ4v) is 2.45. The van der Waals surface area contributed by atoms with Crippen LogP contribution in [0.4, 0.5) is 11.5 Å². The number of hydrogen-bond acceptors (Lipinski definition) is 5. The highest BCUT2D eigenvalue weighted by molar-refractivity contribution is 6.02. The molecule has 0 fully saturated rings. The third-order valence-corrected chi connectivity index (χ3v) is 3.91. The second-order valence-corrected chi connectivity index (χ2v) is 5.76. The van der Waals surface area contributed by atoms with E-state index < -0.39 is 0 Å². The minimum absolute atomic E-state index is 0.0875. The molecule has 3 rings (SSSR count). The van der Waals surface area contributed by atoms with Gasteiger partial charge in [-0.2, -0.15) is 0 Å². The van der Waals surface area contributed by atoms with Crippen LogP contribution in [0.1, 0.15) is 29.0 Å². The maximum atomic E-state index is 12.3. The topological polar surface area (TPSA) is 76.1 Å². The molecule has 0 aliphatic carbocycles. The zero-order valence-corrected chi connectivity index (χ0v) is 14.6. The van der Waals surface area contributed by atoms with Gasteiger partial charge in [0, 0.05) is 11.7 Å². The molecule has 0 saturated carbocycles. The standard InChI is InChI=1S/C20H20N4O2/c1-14(15-6-4-3-5-7-15)21-19-13-12-18(23-24-19)20(25)22-16-8-10-17(26-2)11-9-16/h3-14H,1-2H3,(H,21,24)(H,22,25). The number of nitrogens with zero attached hydrogens (tertiary/aromatic N) is 2. The minimum Gasteiger partial charge on any atom is -0.497 e. The molecule has 0 radical (unpaired) electrons. The molecule has 6 heteroatoms. The second kappa shape index (κ2) is 8.11. The number of rotatable bonds is 6. The van der Waals surface area contributed by atoms with Crippen molar-refractivity contribution in [3.8, 4) is 5.75 Å². The average molecular weight is 348 g/mol. The Balaban J connectivity index is 1.62. The van der Waals surface area contributed by atoms with Crippen molar-refractivity contribution in [2.75, 3.05) is 17.7 Å². The number of carbonyl (C=O) groups is 1. The first-order valence-corrected chi connectivity index (χ1v) is 8.26. The molecule has 1 amide bonds. The molecule has 1 unspecified atom stereocenters. The van der Waals surface area contributed by atoms with Crippen molar-refractivity contribution in [2.45, 2.75) is 13.0 Å². The molecular weight excluding hydrogens is 328 g/mol. The third-order valence-electron chi connectivity index (χ3n) is 3.91. The molecular formula is C20H20N4O2. The zero-order chi connectivity index (χ0) is 18.4. The van der Waals surface area contributed by atoms with Crippen LogP contribution in [-0.2, 0) is 0 Å². The third kappa shape index (κ3) is 4.36. The van der Waals surface area contributed by atoms with Gasteiger partial charge in [-0.25, -0.2) is 0 Å². The van der Waals surface area contributed by atoms with Crippen LogP contribution in [-0.4, -0.2) is 23.2 Å². The molecule has 1 atom stereocenters. The highest BCUT2D eigenvalue weighted by Gasteiger charge is 2.10. The Bertz CT molecular complexity index is 849. The van der Waals surface area contributed by atoms with E-state index in [-0.39, 0.29) is 17.6 Å². The van der Waals surface area contributed by atoms with Gasteiger partial charge >= 0.3 is 0 Å². The quantitative estimate of drug-likeness (QED) is 0.706. The van der Waals surface area contributed by atoms with E-state index >= 15 is 0 Å². The number of amides is 1. The van der Waals surface area contributed by atoms with E-state index in [4.69, 9.17) is 4.74 Å². The summed E-state index contributed by atoms with van der Waals surface area (Å²) in [5.74, 6) is 1.03. The van der Waals surface area contributed by atoms with E-state index in [1.54, 1.807) is 43.5 Å². The summed E-state index contributed by atoms with van der Waals surface area (Å²) in [5, 5.41) is 14.1. The van der Waals surface area contributed by atoms with Crippen molar-refractivity contribution in [1.82, 2.24) is 10.2 Å². The molecule has 2 aromatic carbocycles. The second-order valence-electron chi connectivity index (χ2n) is 5.76. The van der Waals surface area contributed by atoms with Gasteiger partial charge in [0.05, 0.1) is 7.11 Å². The lowest BCUT2D eigenvalue weighted by Crippen LogP contribution is -2.15. The van der Waals surface area contributed by atoms with E-state index in [1.807, 2.05) is 37.3 Å². The smallest absolute Gasteiger partial charge is 0.276 e. The molecule has 1 aromatic heterocycles. The molecule has 0 saturated heterocycles. The molecule has 6 nitrogen and oxygen atoms in total. The SMILES string of the molecule is COc1ccc(NC(=O)c2ccc(NC(C)c3ccccc3)nn2)cc1. The van der Waals surface area contributed by atoms with Crippen LogP contribution >= 0.6 is 0 Å². The lowest BCUT2D eigenvalue weighted by molar-refractivity contribution is 0.102. The fraction of sp³-hybridized carbons (Fsp3) is 0.150. The minimum atomic E-state index is -0.315. The summed E-state index contributed by atoms with van der Waals surface area (Å²) >= 11 is 0. The number of benzene rings is 2. The highest BCUT2D eigenvalue weighted by atomic mass is 16.5. The van der Waals surface area contributed by atoms with E-state index in [0.717, 1.165) is 11.3 Å². The summed E-state index contributed by atoms with van der Waals surface area (Å²) in [5.41, 5.74) is 2.06. The van der Waals surface area contributed by atoms with Crippen LogP contribution in [0.3, 0.4) is 0 Å². The largest absolute Gasteiger partial charge is 0.497 e. The normalized spacial score (nSPS) is 11.5. The Labute approximate surface area is 152 Å². The van der Waals surface area contributed by atoms with Crippen molar-refractivity contribution in [3.05, 3.63) is 78.0 Å². The molecule has 0 bridgehead atoms. The summed E-state index contributed by atoms with van der Waals surface area (Å²) in [6.07, 6.45) is 0. The summed E-state index contributed by atoms with van der Waals surface area (Å²) in [6.45, 7) is 2.04. The van der Waals surface area contributed by atoms with Gasteiger partial charge in [-0.1, -0.05) is 30.3 Å². The molecule has 3 aromatic rings. The number of aromatic nitrogens is 2. The molecule has 0 aliphatic rings. The van der Waals surface area contributed by atoms with Crippen LogP contribution in [0.2, 0.25) is 0 Å². The number of hydrogen-bond donors (Lipinski definition) is 2. The Hall–Kier alpha value is -3.41. The van der Waals surface area contributed by atoms with Crippen molar-refractivity contribution >= 4 is 17.4 Å². The van der Waals surface area contributed by atoms with Gasteiger partial charge in [0.2, 0.25) is 0 Å². The molecule has 26 heavy (non-hydrogen) atoms. The van der Waals surface area contributed by atoms with Crippen LogP contribution in [0, 0.1) is 0 Å². The van der Waals surface area contributed by atoms with Crippen LogP contribution < -0.4 is 15.4 Å². The van der Waals surface area contributed by atoms with E-state index in [1.165, 1.54) is 0 Å². The maximum absolute atomic E-state index is 12.3. The molecule has 2 N–H and O–H groups in total. The number of ether oxygens (including phenoxy) is 1. The molecule has 0 aliphatic heterocycles. The molecule has 0 spiro atoms. The lowest BCUT2D eigenvalue weighted by atomic mass is 10.1. The van der Waals surface area contributed by atoms with Gasteiger partial charge < -0.3 is 15.4 Å². The predicted octanol–water partition coefficient (Wildman–Crippen LogP) is 3.91. The van der Waals surface area contributed by atoms with Crippen molar-refractivity contribution in [1.29, 1.82) is 0 Å². The van der Waals surface area contributed by atoms with Crippen LogP contribution in [0.15, 0.2) is 66.7 Å². The van der Waals surface area contributed by atoms with Gasteiger partial charge in [-0.3, -0.25) is 4.79 Å². The first kappa shape index (κ1) is 17.4. The molecule has 132 valence electrons. The van der Waals surface area contributed by atoms with Crippen LogP contribution in [0.5, 0.6) is 5.75 Å². The first-order chi connectivity index (χ1) is 12.7. The summed E-state index contributed by atoms with van der Waals surface area (Å²) < 4.78 is 5.09. The Morgan fingerprint density at radius 3 is 2.31 bits per heavy atom.